The molecule has 0 unspecified atom stereocenters. The highest BCUT2D eigenvalue weighted by Crippen LogP contribution is 2.23. The number of carbonyl (C=O) groups is 1. The lowest BCUT2D eigenvalue weighted by molar-refractivity contribution is 0.0942. The van der Waals surface area contributed by atoms with Gasteiger partial charge in [0.05, 0.1) is 10.6 Å². The van der Waals surface area contributed by atoms with E-state index in [2.05, 4.69) is 17.4 Å². The van der Waals surface area contributed by atoms with Gasteiger partial charge in [-0.3, -0.25) is 15.6 Å². The highest BCUT2D eigenvalue weighted by Gasteiger charge is 2.26. The van der Waals surface area contributed by atoms with Crippen LogP contribution in [0.2, 0.25) is 0 Å². The number of fused-ring (bicyclic) bond motifs is 1. The van der Waals surface area contributed by atoms with Crippen molar-refractivity contribution in [2.75, 3.05) is 13.1 Å². The molecule has 1 amide bonds. The Bertz CT molecular complexity index is 1160. The number of para-hydroxylation sites is 1. The first kappa shape index (κ1) is 20.2. The standard InChI is InChI=1S/C22H23N3O4S/c1-16(21-15-17-8-3-4-11-20(17)29-21)23-24-22(26)18-9-7-10-19(14-18)30(27,28)25-12-5-2-6-13-25/h3-4,7-11,14-15,23H,1-2,5-6,12-13H2,(H,24,26). The van der Waals surface area contributed by atoms with Crippen molar-refractivity contribution in [1.29, 1.82) is 0 Å². The van der Waals surface area contributed by atoms with Gasteiger partial charge in [0.15, 0.2) is 5.76 Å². The topological polar surface area (TPSA) is 91.6 Å². The van der Waals surface area contributed by atoms with Crippen molar-refractivity contribution < 1.29 is 17.6 Å². The molecule has 1 aromatic heterocycles. The van der Waals surface area contributed by atoms with Crippen LogP contribution in [-0.2, 0) is 10.0 Å². The summed E-state index contributed by atoms with van der Waals surface area (Å²) in [5.41, 5.74) is 6.61. The fourth-order valence-corrected chi connectivity index (χ4v) is 5.01. The molecule has 2 aromatic carbocycles. The minimum atomic E-state index is -3.61. The Labute approximate surface area is 175 Å². The number of piperidine rings is 1. The molecule has 2 N–H and O–H groups in total. The monoisotopic (exact) mass is 425 g/mol. The summed E-state index contributed by atoms with van der Waals surface area (Å²) in [5, 5.41) is 0.928. The number of hydrogen-bond donors (Lipinski definition) is 2. The number of carbonyl (C=O) groups excluding carboxylic acids is 1. The van der Waals surface area contributed by atoms with Crippen LogP contribution in [-0.4, -0.2) is 31.7 Å². The Morgan fingerprint density at radius 2 is 1.73 bits per heavy atom. The molecule has 1 fully saturated rings. The summed E-state index contributed by atoms with van der Waals surface area (Å²) in [5.74, 6) is 0.0286. The number of furan rings is 1. The molecule has 4 rings (SSSR count). The largest absolute Gasteiger partial charge is 0.454 e. The third-order valence-corrected chi connectivity index (χ3v) is 6.99. The predicted molar refractivity (Wildman–Crippen MR) is 115 cm³/mol. The minimum Gasteiger partial charge on any atom is -0.454 e. The molecule has 1 aliphatic heterocycles. The smallest absolute Gasteiger partial charge is 0.269 e. The SMILES string of the molecule is C=C(NNC(=O)c1cccc(S(=O)(=O)N2CCCCC2)c1)c1cc2ccccc2o1. The van der Waals surface area contributed by atoms with Crippen molar-refractivity contribution in [2.24, 2.45) is 0 Å². The zero-order valence-corrected chi connectivity index (χ0v) is 17.2. The zero-order valence-electron chi connectivity index (χ0n) is 16.4. The maximum absolute atomic E-state index is 12.9. The lowest BCUT2D eigenvalue weighted by Crippen LogP contribution is -2.37. The molecular weight excluding hydrogens is 402 g/mol. The molecule has 2 heterocycles. The number of benzene rings is 2. The van der Waals surface area contributed by atoms with Crippen molar-refractivity contribution in [3.8, 4) is 0 Å². The van der Waals surface area contributed by atoms with E-state index in [1.54, 1.807) is 12.1 Å². The number of rotatable bonds is 6. The summed E-state index contributed by atoms with van der Waals surface area (Å²) in [6.45, 7) is 4.90. The third kappa shape index (κ3) is 4.10. The van der Waals surface area contributed by atoms with E-state index in [0.29, 0.717) is 24.5 Å². The summed E-state index contributed by atoms with van der Waals surface area (Å²) >= 11 is 0. The Balaban J connectivity index is 1.44. The van der Waals surface area contributed by atoms with E-state index in [-0.39, 0.29) is 10.5 Å². The van der Waals surface area contributed by atoms with Crippen LogP contribution in [0.3, 0.4) is 0 Å². The molecule has 8 heteroatoms. The highest BCUT2D eigenvalue weighted by molar-refractivity contribution is 7.89. The first-order valence-electron chi connectivity index (χ1n) is 9.79. The van der Waals surface area contributed by atoms with E-state index in [1.807, 2.05) is 30.3 Å². The van der Waals surface area contributed by atoms with Crippen molar-refractivity contribution in [3.63, 3.8) is 0 Å². The number of sulfonamides is 1. The van der Waals surface area contributed by atoms with Crippen LogP contribution >= 0.6 is 0 Å². The van der Waals surface area contributed by atoms with Gasteiger partial charge in [-0.2, -0.15) is 4.31 Å². The molecule has 1 saturated heterocycles. The third-order valence-electron chi connectivity index (χ3n) is 5.10. The van der Waals surface area contributed by atoms with Gasteiger partial charge < -0.3 is 4.42 Å². The number of amides is 1. The summed E-state index contributed by atoms with van der Waals surface area (Å²) in [4.78, 5) is 12.7. The zero-order chi connectivity index (χ0) is 21.1. The quantitative estimate of drug-likeness (QED) is 0.590. The van der Waals surface area contributed by atoms with Gasteiger partial charge in [-0.1, -0.05) is 37.3 Å². The molecule has 0 atom stereocenters. The minimum absolute atomic E-state index is 0.119. The molecule has 0 bridgehead atoms. The average Bonchev–Trinajstić information content (AvgIpc) is 3.22. The molecule has 7 nitrogen and oxygen atoms in total. The summed E-state index contributed by atoms with van der Waals surface area (Å²) in [7, 11) is -3.61. The van der Waals surface area contributed by atoms with E-state index < -0.39 is 15.9 Å². The first-order chi connectivity index (χ1) is 14.4. The van der Waals surface area contributed by atoms with Gasteiger partial charge in [-0.25, -0.2) is 8.42 Å². The van der Waals surface area contributed by atoms with E-state index in [1.165, 1.54) is 16.4 Å². The molecule has 0 spiro atoms. The number of hydrazine groups is 1. The van der Waals surface area contributed by atoms with Gasteiger partial charge in [-0.05, 0) is 43.2 Å². The van der Waals surface area contributed by atoms with Crippen LogP contribution in [0.4, 0.5) is 0 Å². The van der Waals surface area contributed by atoms with Crippen LogP contribution in [0.15, 0.2) is 70.5 Å². The van der Waals surface area contributed by atoms with Crippen molar-refractivity contribution >= 4 is 32.6 Å². The van der Waals surface area contributed by atoms with Gasteiger partial charge in [0.2, 0.25) is 10.0 Å². The van der Waals surface area contributed by atoms with Crippen LogP contribution in [0.5, 0.6) is 0 Å². The Morgan fingerprint density at radius 3 is 2.50 bits per heavy atom. The normalized spacial score (nSPS) is 15.1. The van der Waals surface area contributed by atoms with Crippen LogP contribution in [0.1, 0.15) is 35.4 Å². The number of nitrogens with zero attached hydrogens (tertiary/aromatic N) is 1. The van der Waals surface area contributed by atoms with Crippen LogP contribution < -0.4 is 10.9 Å². The molecule has 0 radical (unpaired) electrons. The molecule has 1 aliphatic rings. The lowest BCUT2D eigenvalue weighted by atomic mass is 10.2. The molecule has 0 saturated carbocycles. The second kappa shape index (κ2) is 8.33. The number of hydrogen-bond acceptors (Lipinski definition) is 5. The number of nitrogens with one attached hydrogen (secondary N) is 2. The Hall–Kier alpha value is -3.10. The lowest BCUT2D eigenvalue weighted by Gasteiger charge is -2.26. The fraction of sp³-hybridized carbons (Fsp3) is 0.227. The highest BCUT2D eigenvalue weighted by atomic mass is 32.2. The summed E-state index contributed by atoms with van der Waals surface area (Å²) in [6.07, 6.45) is 2.75. The summed E-state index contributed by atoms with van der Waals surface area (Å²) in [6, 6.07) is 15.4. The fourth-order valence-electron chi connectivity index (χ4n) is 3.45. The second-order valence-corrected chi connectivity index (χ2v) is 9.14. The molecular formula is C22H23N3O4S. The van der Waals surface area contributed by atoms with Gasteiger partial charge in [0.1, 0.15) is 5.58 Å². The molecule has 156 valence electrons. The van der Waals surface area contributed by atoms with Crippen LogP contribution in [0.25, 0.3) is 16.7 Å². The van der Waals surface area contributed by atoms with Crippen molar-refractivity contribution in [3.05, 3.63) is 72.5 Å². The van der Waals surface area contributed by atoms with Gasteiger partial charge in [-0.15, -0.1) is 0 Å². The second-order valence-electron chi connectivity index (χ2n) is 7.20. The summed E-state index contributed by atoms with van der Waals surface area (Å²) < 4.78 is 32.9. The first-order valence-corrected chi connectivity index (χ1v) is 11.2. The molecule has 3 aromatic rings. The Morgan fingerprint density at radius 1 is 0.967 bits per heavy atom. The average molecular weight is 426 g/mol. The van der Waals surface area contributed by atoms with E-state index >= 15 is 0 Å². The maximum Gasteiger partial charge on any atom is 0.269 e. The van der Waals surface area contributed by atoms with Gasteiger partial charge >= 0.3 is 0 Å². The Kier molecular flexibility index (Phi) is 5.61. The van der Waals surface area contributed by atoms with E-state index in [0.717, 1.165) is 30.2 Å². The van der Waals surface area contributed by atoms with Gasteiger partial charge in [0.25, 0.3) is 5.91 Å². The van der Waals surface area contributed by atoms with Gasteiger partial charge in [0, 0.05) is 24.0 Å². The van der Waals surface area contributed by atoms with Crippen LogP contribution in [0, 0.1) is 0 Å². The van der Waals surface area contributed by atoms with E-state index in [4.69, 9.17) is 4.42 Å². The van der Waals surface area contributed by atoms with E-state index in [9.17, 15) is 13.2 Å². The molecule has 30 heavy (non-hydrogen) atoms. The van der Waals surface area contributed by atoms with Crippen molar-refractivity contribution in [1.82, 2.24) is 15.2 Å². The maximum atomic E-state index is 12.9. The molecule has 0 aliphatic carbocycles. The van der Waals surface area contributed by atoms with Crippen molar-refractivity contribution in [2.45, 2.75) is 24.2 Å². The predicted octanol–water partition coefficient (Wildman–Crippen LogP) is 3.51.